The summed E-state index contributed by atoms with van der Waals surface area (Å²) in [7, 11) is 1.84. The smallest absolute Gasteiger partial charge is 0.321 e. The average Bonchev–Trinajstić information content (AvgIpc) is 2.89. The molecule has 7 heteroatoms. The molecule has 0 saturated heterocycles. The highest BCUT2D eigenvalue weighted by atomic mass is 16.4. The van der Waals surface area contributed by atoms with Gasteiger partial charge in [0.05, 0.1) is 6.04 Å². The molecular weight excluding hydrogens is 220 g/mol. The van der Waals surface area contributed by atoms with Crippen LogP contribution in [0.15, 0.2) is 16.7 Å². The van der Waals surface area contributed by atoms with Gasteiger partial charge in [-0.3, -0.25) is 10.00 Å². The van der Waals surface area contributed by atoms with Crippen LogP contribution in [0.3, 0.4) is 0 Å². The minimum absolute atomic E-state index is 0.0479. The van der Waals surface area contributed by atoms with Crippen LogP contribution in [0.4, 0.5) is 11.8 Å². The molecule has 0 aromatic carbocycles. The quantitative estimate of drug-likeness (QED) is 0.812. The van der Waals surface area contributed by atoms with Gasteiger partial charge in [-0.25, -0.2) is 0 Å². The van der Waals surface area contributed by atoms with Crippen LogP contribution in [0.5, 0.6) is 0 Å². The lowest BCUT2D eigenvalue weighted by molar-refractivity contribution is 0.430. The Morgan fingerprint density at radius 2 is 2.29 bits per heavy atom. The van der Waals surface area contributed by atoms with Gasteiger partial charge in [0.25, 0.3) is 0 Å². The first-order valence-corrected chi connectivity index (χ1v) is 5.52. The monoisotopic (exact) mass is 236 g/mol. The Labute approximate surface area is 99.2 Å². The number of anilines is 2. The van der Waals surface area contributed by atoms with E-state index in [9.17, 15) is 0 Å². The summed E-state index contributed by atoms with van der Waals surface area (Å²) in [6.45, 7) is 4.86. The Hall–Kier alpha value is -1.89. The van der Waals surface area contributed by atoms with Crippen molar-refractivity contribution in [3.8, 4) is 0 Å². The van der Waals surface area contributed by atoms with Crippen molar-refractivity contribution >= 4 is 11.8 Å². The second-order valence-electron chi connectivity index (χ2n) is 3.72. The molecule has 0 aliphatic carbocycles. The van der Waals surface area contributed by atoms with Gasteiger partial charge in [0.15, 0.2) is 5.82 Å². The Balaban J connectivity index is 2.03. The molecule has 2 N–H and O–H groups in total. The Morgan fingerprint density at radius 3 is 2.94 bits per heavy atom. The predicted octanol–water partition coefficient (Wildman–Crippen LogP) is 1.22. The largest absolute Gasteiger partial charge is 0.406 e. The molecule has 0 fully saturated rings. The fourth-order valence-electron chi connectivity index (χ4n) is 1.44. The van der Waals surface area contributed by atoms with Gasteiger partial charge in [-0.15, -0.1) is 5.10 Å². The second-order valence-corrected chi connectivity index (χ2v) is 3.72. The Bertz CT molecular complexity index is 477. The van der Waals surface area contributed by atoms with Crippen molar-refractivity contribution in [2.24, 2.45) is 7.05 Å². The minimum Gasteiger partial charge on any atom is -0.406 e. The van der Waals surface area contributed by atoms with Crippen LogP contribution in [0.2, 0.25) is 0 Å². The number of nitrogens with zero attached hydrogens (tertiary/aromatic N) is 4. The predicted molar refractivity (Wildman–Crippen MR) is 62.9 cm³/mol. The summed E-state index contributed by atoms with van der Waals surface area (Å²) in [5, 5.41) is 18.2. The molecule has 2 aromatic heterocycles. The molecule has 0 radical (unpaired) electrons. The second kappa shape index (κ2) is 4.96. The third-order valence-corrected chi connectivity index (χ3v) is 2.27. The average molecular weight is 236 g/mol. The van der Waals surface area contributed by atoms with E-state index in [1.54, 1.807) is 4.68 Å². The first kappa shape index (κ1) is 11.6. The number of hydrogen-bond acceptors (Lipinski definition) is 6. The van der Waals surface area contributed by atoms with Crippen molar-refractivity contribution < 1.29 is 4.42 Å². The SMILES string of the molecule is CCNC(C)c1nnc(Nc2ccn(C)n2)o1. The molecule has 0 aliphatic heterocycles. The van der Waals surface area contributed by atoms with Gasteiger partial charge < -0.3 is 9.73 Å². The number of aromatic nitrogens is 4. The van der Waals surface area contributed by atoms with E-state index in [-0.39, 0.29) is 6.04 Å². The van der Waals surface area contributed by atoms with Gasteiger partial charge in [-0.1, -0.05) is 12.0 Å². The van der Waals surface area contributed by atoms with Crippen LogP contribution >= 0.6 is 0 Å². The van der Waals surface area contributed by atoms with Gasteiger partial charge in [-0.2, -0.15) is 5.10 Å². The van der Waals surface area contributed by atoms with Gasteiger partial charge in [0.1, 0.15) is 0 Å². The molecular formula is C10H16N6O. The lowest BCUT2D eigenvalue weighted by Gasteiger charge is -2.05. The van der Waals surface area contributed by atoms with E-state index in [1.807, 2.05) is 33.2 Å². The van der Waals surface area contributed by atoms with E-state index in [1.165, 1.54) is 0 Å². The molecule has 7 nitrogen and oxygen atoms in total. The van der Waals surface area contributed by atoms with E-state index in [4.69, 9.17) is 4.42 Å². The van der Waals surface area contributed by atoms with Crippen LogP contribution in [0.25, 0.3) is 0 Å². The number of nitrogens with one attached hydrogen (secondary N) is 2. The summed E-state index contributed by atoms with van der Waals surface area (Å²) in [5.41, 5.74) is 0. The normalized spacial score (nSPS) is 12.6. The summed E-state index contributed by atoms with van der Waals surface area (Å²) in [4.78, 5) is 0. The Kier molecular flexibility index (Phi) is 3.38. The third-order valence-electron chi connectivity index (χ3n) is 2.27. The first-order chi connectivity index (χ1) is 8.19. The summed E-state index contributed by atoms with van der Waals surface area (Å²) in [6.07, 6.45) is 1.83. The number of rotatable bonds is 5. The highest BCUT2D eigenvalue weighted by molar-refractivity contribution is 5.44. The topological polar surface area (TPSA) is 80.8 Å². The number of aryl methyl sites for hydroxylation is 1. The van der Waals surface area contributed by atoms with Crippen LogP contribution < -0.4 is 10.6 Å². The zero-order valence-electron chi connectivity index (χ0n) is 10.1. The van der Waals surface area contributed by atoms with Gasteiger partial charge in [0.2, 0.25) is 5.89 Å². The molecule has 2 heterocycles. The fourth-order valence-corrected chi connectivity index (χ4v) is 1.44. The molecule has 2 rings (SSSR count). The third kappa shape index (κ3) is 2.82. The maximum atomic E-state index is 5.47. The van der Waals surface area contributed by atoms with Crippen molar-refractivity contribution in [2.45, 2.75) is 19.9 Å². The van der Waals surface area contributed by atoms with Crippen molar-refractivity contribution in [2.75, 3.05) is 11.9 Å². The van der Waals surface area contributed by atoms with Crippen LogP contribution in [-0.2, 0) is 7.05 Å². The maximum absolute atomic E-state index is 5.47. The summed E-state index contributed by atoms with van der Waals surface area (Å²) >= 11 is 0. The molecule has 1 atom stereocenters. The molecule has 92 valence electrons. The van der Waals surface area contributed by atoms with E-state index in [0.29, 0.717) is 17.7 Å². The number of hydrogen-bond donors (Lipinski definition) is 2. The van der Waals surface area contributed by atoms with E-state index >= 15 is 0 Å². The van der Waals surface area contributed by atoms with Crippen LogP contribution in [-0.4, -0.2) is 26.5 Å². The van der Waals surface area contributed by atoms with E-state index in [2.05, 4.69) is 25.9 Å². The lowest BCUT2D eigenvalue weighted by atomic mass is 10.3. The van der Waals surface area contributed by atoms with Crippen molar-refractivity contribution in [1.29, 1.82) is 0 Å². The standard InChI is InChI=1S/C10H16N6O/c1-4-11-7(2)9-13-14-10(17-9)12-8-5-6-16(3)15-8/h5-7,11H,4H2,1-3H3,(H,12,14,15). The minimum atomic E-state index is 0.0479. The fraction of sp³-hybridized carbons (Fsp3) is 0.500. The van der Waals surface area contributed by atoms with Crippen molar-refractivity contribution in [3.63, 3.8) is 0 Å². The zero-order chi connectivity index (χ0) is 12.3. The molecule has 0 aliphatic rings. The molecule has 0 saturated carbocycles. The van der Waals surface area contributed by atoms with Gasteiger partial charge in [-0.05, 0) is 13.5 Å². The molecule has 0 amide bonds. The summed E-state index contributed by atoms with van der Waals surface area (Å²) in [6, 6.07) is 2.23. The first-order valence-electron chi connectivity index (χ1n) is 5.52. The lowest BCUT2D eigenvalue weighted by Crippen LogP contribution is -2.17. The van der Waals surface area contributed by atoms with Gasteiger partial charge in [0, 0.05) is 19.3 Å². The molecule has 1 unspecified atom stereocenters. The van der Waals surface area contributed by atoms with Crippen LogP contribution in [0.1, 0.15) is 25.8 Å². The van der Waals surface area contributed by atoms with Crippen molar-refractivity contribution in [3.05, 3.63) is 18.2 Å². The van der Waals surface area contributed by atoms with E-state index < -0.39 is 0 Å². The van der Waals surface area contributed by atoms with Gasteiger partial charge >= 0.3 is 6.01 Å². The molecule has 0 bridgehead atoms. The molecule has 2 aromatic rings. The summed E-state index contributed by atoms with van der Waals surface area (Å²) < 4.78 is 7.16. The zero-order valence-corrected chi connectivity index (χ0v) is 10.1. The molecule has 17 heavy (non-hydrogen) atoms. The van der Waals surface area contributed by atoms with Crippen molar-refractivity contribution in [1.82, 2.24) is 25.3 Å². The maximum Gasteiger partial charge on any atom is 0.321 e. The Morgan fingerprint density at radius 1 is 1.47 bits per heavy atom. The van der Waals surface area contributed by atoms with Crippen LogP contribution in [0, 0.1) is 0 Å². The molecule has 0 spiro atoms. The highest BCUT2D eigenvalue weighted by Gasteiger charge is 2.13. The summed E-state index contributed by atoms with van der Waals surface area (Å²) in [5.74, 6) is 1.24. The highest BCUT2D eigenvalue weighted by Crippen LogP contribution is 2.16. The van der Waals surface area contributed by atoms with E-state index in [0.717, 1.165) is 6.54 Å².